The summed E-state index contributed by atoms with van der Waals surface area (Å²) in [5, 5.41) is 27.3. The van der Waals surface area contributed by atoms with Gasteiger partial charge in [0.25, 0.3) is 11.6 Å². The molecule has 30 heavy (non-hydrogen) atoms. The topological polar surface area (TPSA) is 117 Å². The molecule has 0 fully saturated rings. The summed E-state index contributed by atoms with van der Waals surface area (Å²) in [7, 11) is 0. The van der Waals surface area contributed by atoms with Crippen LogP contribution in [0.4, 0.5) is 5.69 Å². The van der Waals surface area contributed by atoms with E-state index < -0.39 is 17.2 Å². The number of fused-ring (bicyclic) bond motifs is 2. The zero-order chi connectivity index (χ0) is 21.1. The Labute approximate surface area is 173 Å². The van der Waals surface area contributed by atoms with Crippen LogP contribution in [0.3, 0.4) is 0 Å². The minimum absolute atomic E-state index is 0.0798. The Kier molecular flexibility index (Phi) is 4.18. The highest BCUT2D eigenvalue weighted by atomic mass is 16.6. The second kappa shape index (κ2) is 6.57. The fourth-order valence-corrected chi connectivity index (χ4v) is 4.66. The first kappa shape index (κ1) is 19.1. The molecule has 8 nitrogen and oxygen atoms in total. The average molecular weight is 411 g/mol. The summed E-state index contributed by atoms with van der Waals surface area (Å²) in [5.74, 6) is -1.04. The lowest BCUT2D eigenvalue weighted by atomic mass is 9.98. The number of aliphatic imine (C=N–C) groups is 1. The van der Waals surface area contributed by atoms with Gasteiger partial charge >= 0.3 is 5.97 Å². The molecule has 1 aliphatic heterocycles. The molecule has 0 spiro atoms. The first-order valence-corrected chi connectivity index (χ1v) is 10.4. The van der Waals surface area contributed by atoms with Crippen LogP contribution in [0.2, 0.25) is 0 Å². The highest BCUT2D eigenvalue weighted by molar-refractivity contribution is 5.96. The number of hydrogen-bond donors (Lipinski definition) is 3. The number of aromatic nitrogens is 1. The second-order valence-electron chi connectivity index (χ2n) is 8.85. The molecule has 2 aliphatic carbocycles. The lowest BCUT2D eigenvalue weighted by molar-refractivity contribution is -0.155. The molecule has 158 valence electrons. The monoisotopic (exact) mass is 411 g/mol. The lowest BCUT2D eigenvalue weighted by Crippen LogP contribution is -2.40. The number of nitrogens with one attached hydrogen (secondary N) is 1. The van der Waals surface area contributed by atoms with Gasteiger partial charge in [0.2, 0.25) is 0 Å². The number of carbonyl (C=O) groups is 1. The van der Waals surface area contributed by atoms with Gasteiger partial charge in [-0.25, -0.2) is 9.79 Å². The second-order valence-corrected chi connectivity index (χ2v) is 8.85. The van der Waals surface area contributed by atoms with E-state index in [9.17, 15) is 15.0 Å². The quantitative estimate of drug-likeness (QED) is 0.708. The van der Waals surface area contributed by atoms with Crippen LogP contribution >= 0.6 is 0 Å². The Morgan fingerprint density at radius 3 is 2.37 bits per heavy atom. The molecule has 0 bridgehead atoms. The Morgan fingerprint density at radius 1 is 1.13 bits per heavy atom. The number of aliphatic carboxylic acids is 1. The Morgan fingerprint density at radius 2 is 1.80 bits per heavy atom. The van der Waals surface area contributed by atoms with Crippen molar-refractivity contribution in [2.45, 2.75) is 63.6 Å². The van der Waals surface area contributed by atoms with E-state index in [1.807, 2.05) is 0 Å². The van der Waals surface area contributed by atoms with Gasteiger partial charge in [-0.15, -0.1) is 0 Å². The maximum Gasteiger partial charge on any atom is 0.356 e. The molecule has 1 aromatic heterocycles. The SMILES string of the molecule is CC(C)(O)c1cc(C2(C(=O)O)CN=C(Nc3c4c(cc5c3CCC5)CCC4)O2)no1. The summed E-state index contributed by atoms with van der Waals surface area (Å²) in [4.78, 5) is 16.5. The summed E-state index contributed by atoms with van der Waals surface area (Å²) < 4.78 is 11.1. The number of nitrogens with zero attached hydrogens (tertiary/aromatic N) is 2. The first-order valence-electron chi connectivity index (χ1n) is 10.4. The van der Waals surface area contributed by atoms with Crippen LogP contribution in [0.15, 0.2) is 21.6 Å². The van der Waals surface area contributed by atoms with Crippen LogP contribution in [0, 0.1) is 0 Å². The first-order chi connectivity index (χ1) is 14.3. The van der Waals surface area contributed by atoms with Gasteiger partial charge in [-0.05, 0) is 74.6 Å². The van der Waals surface area contributed by atoms with Crippen molar-refractivity contribution in [1.82, 2.24) is 5.16 Å². The van der Waals surface area contributed by atoms with Crippen LogP contribution in [0.25, 0.3) is 0 Å². The zero-order valence-electron chi connectivity index (χ0n) is 17.1. The summed E-state index contributed by atoms with van der Waals surface area (Å²) in [6.45, 7) is 2.96. The van der Waals surface area contributed by atoms with Gasteiger partial charge in [0.15, 0.2) is 5.76 Å². The number of benzene rings is 1. The van der Waals surface area contributed by atoms with E-state index >= 15 is 0 Å². The Balaban J connectivity index is 1.45. The smallest absolute Gasteiger partial charge is 0.356 e. The minimum Gasteiger partial charge on any atom is -0.478 e. The third-order valence-electron chi connectivity index (χ3n) is 6.29. The predicted octanol–water partition coefficient (Wildman–Crippen LogP) is 2.66. The van der Waals surface area contributed by atoms with Gasteiger partial charge in [0.1, 0.15) is 17.8 Å². The molecular weight excluding hydrogens is 386 g/mol. The van der Waals surface area contributed by atoms with E-state index in [1.54, 1.807) is 13.8 Å². The summed E-state index contributed by atoms with van der Waals surface area (Å²) in [6.07, 6.45) is 6.39. The number of rotatable bonds is 4. The highest BCUT2D eigenvalue weighted by Crippen LogP contribution is 2.40. The molecule has 3 aliphatic rings. The van der Waals surface area contributed by atoms with Gasteiger partial charge in [-0.2, -0.15) is 0 Å². The van der Waals surface area contributed by atoms with E-state index in [4.69, 9.17) is 9.26 Å². The van der Waals surface area contributed by atoms with E-state index in [2.05, 4.69) is 21.5 Å². The number of carboxylic acid groups (broad SMARTS) is 1. The molecule has 2 heterocycles. The zero-order valence-corrected chi connectivity index (χ0v) is 17.1. The maximum atomic E-state index is 12.2. The van der Waals surface area contributed by atoms with Crippen molar-refractivity contribution in [3.8, 4) is 0 Å². The summed E-state index contributed by atoms with van der Waals surface area (Å²) in [6, 6.07) is 3.94. The number of hydrogen-bond acceptors (Lipinski definition) is 7. The van der Waals surface area contributed by atoms with Crippen LogP contribution in [-0.4, -0.2) is 33.9 Å². The molecule has 5 rings (SSSR count). The third-order valence-corrected chi connectivity index (χ3v) is 6.29. The fourth-order valence-electron chi connectivity index (χ4n) is 4.66. The molecule has 2 aromatic rings. The van der Waals surface area contributed by atoms with Crippen molar-refractivity contribution >= 4 is 17.7 Å². The van der Waals surface area contributed by atoms with E-state index in [1.165, 1.54) is 28.3 Å². The molecule has 8 heteroatoms. The van der Waals surface area contributed by atoms with Crippen LogP contribution in [0.5, 0.6) is 0 Å². The molecule has 1 atom stereocenters. The van der Waals surface area contributed by atoms with Crippen molar-refractivity contribution < 1.29 is 24.3 Å². The van der Waals surface area contributed by atoms with Crippen molar-refractivity contribution in [3.05, 3.63) is 45.8 Å². The molecule has 1 unspecified atom stereocenters. The van der Waals surface area contributed by atoms with Gasteiger partial charge in [0, 0.05) is 11.8 Å². The van der Waals surface area contributed by atoms with Gasteiger partial charge in [-0.3, -0.25) is 0 Å². The molecule has 0 saturated carbocycles. The van der Waals surface area contributed by atoms with Gasteiger partial charge in [0.05, 0.1) is 0 Å². The Bertz CT molecular complexity index is 1030. The van der Waals surface area contributed by atoms with Gasteiger partial charge in [-0.1, -0.05) is 11.2 Å². The molecular formula is C22H25N3O5. The van der Waals surface area contributed by atoms with Crippen molar-refractivity contribution in [2.75, 3.05) is 11.9 Å². The van der Waals surface area contributed by atoms with Crippen molar-refractivity contribution in [2.24, 2.45) is 4.99 Å². The van der Waals surface area contributed by atoms with E-state index in [0.717, 1.165) is 44.2 Å². The van der Waals surface area contributed by atoms with Crippen LogP contribution in [-0.2, 0) is 46.4 Å². The largest absolute Gasteiger partial charge is 0.478 e. The van der Waals surface area contributed by atoms with Crippen LogP contribution < -0.4 is 5.32 Å². The number of carboxylic acids is 1. The number of anilines is 1. The normalized spacial score (nSPS) is 22.4. The highest BCUT2D eigenvalue weighted by Gasteiger charge is 2.51. The number of aliphatic hydroxyl groups is 1. The van der Waals surface area contributed by atoms with Crippen LogP contribution in [0.1, 0.15) is 60.4 Å². The van der Waals surface area contributed by atoms with E-state index in [0.29, 0.717) is 0 Å². The maximum absolute atomic E-state index is 12.2. The average Bonchev–Trinajstić information content (AvgIpc) is 3.45. The van der Waals surface area contributed by atoms with E-state index in [-0.39, 0.29) is 24.0 Å². The molecule has 0 amide bonds. The number of ether oxygens (including phenoxy) is 1. The summed E-state index contributed by atoms with van der Waals surface area (Å²) >= 11 is 0. The van der Waals surface area contributed by atoms with Gasteiger partial charge < -0.3 is 24.8 Å². The summed E-state index contributed by atoms with van der Waals surface area (Å²) in [5.41, 5.74) is 3.37. The lowest BCUT2D eigenvalue weighted by Gasteiger charge is -2.22. The number of aryl methyl sites for hydroxylation is 2. The molecule has 0 radical (unpaired) electrons. The predicted molar refractivity (Wildman–Crippen MR) is 109 cm³/mol. The van der Waals surface area contributed by atoms with Crippen molar-refractivity contribution in [1.29, 1.82) is 0 Å². The molecule has 1 aromatic carbocycles. The molecule has 3 N–H and O–H groups in total. The third kappa shape index (κ3) is 2.89. The van der Waals surface area contributed by atoms with Crippen molar-refractivity contribution in [3.63, 3.8) is 0 Å². The Hall–Kier alpha value is -2.87. The molecule has 0 saturated heterocycles. The standard InChI is InChI=1S/C22H25N3O5/c1-21(2,28)17-10-16(25-30-17)22(19(26)27)11-23-20(29-22)24-18-14-7-3-5-12(14)9-13-6-4-8-15(13)18/h9-10,28H,3-8,11H2,1-2H3,(H,23,24)(H,26,27). The number of amidine groups is 1. The fraction of sp³-hybridized carbons (Fsp3) is 0.500. The minimum atomic E-state index is -1.78.